The maximum absolute atomic E-state index is 11.5. The minimum atomic E-state index is -2.50. The van der Waals surface area contributed by atoms with Crippen LogP contribution in [0.2, 0.25) is 0 Å². The molecule has 0 N–H and O–H groups in total. The van der Waals surface area contributed by atoms with E-state index in [1.165, 1.54) is 13.8 Å². The monoisotopic (exact) mass is 288 g/mol. The standard InChI is InChI=1S/C3H6Cl2.C3H6ClF.C3H6F2/c3*1-3(2,4)5/h3*1-2H3. The quantitative estimate of drug-likeness (QED) is 0.495. The van der Waals surface area contributed by atoms with Gasteiger partial charge in [0.25, 0.3) is 0 Å². The van der Waals surface area contributed by atoms with E-state index < -0.39 is 15.4 Å². The summed E-state index contributed by atoms with van der Waals surface area (Å²) in [7, 11) is 0. The molecule has 0 spiro atoms. The molecule has 0 amide bonds. The normalized spacial score (nSPS) is 12.0. The maximum atomic E-state index is 11.5. The molecule has 0 rings (SSSR count). The molecule has 15 heavy (non-hydrogen) atoms. The Balaban J connectivity index is -0.000000144. The number of hydrogen-bond acceptors (Lipinski definition) is 0. The van der Waals surface area contributed by atoms with Crippen LogP contribution in [0.5, 0.6) is 0 Å². The van der Waals surface area contributed by atoms with Crippen molar-refractivity contribution >= 4 is 34.8 Å². The summed E-state index contributed by atoms with van der Waals surface area (Å²) in [6, 6.07) is 0. The third-order valence-corrected chi connectivity index (χ3v) is 0. The molecular weight excluding hydrogens is 271 g/mol. The van der Waals surface area contributed by atoms with E-state index in [2.05, 4.69) is 0 Å². The van der Waals surface area contributed by atoms with Crippen molar-refractivity contribution in [3.63, 3.8) is 0 Å². The van der Waals surface area contributed by atoms with Crippen LogP contribution in [0.15, 0.2) is 0 Å². The molecule has 0 aromatic rings. The number of rotatable bonds is 0. The second-order valence-electron chi connectivity index (χ2n) is 3.98. The van der Waals surface area contributed by atoms with Crippen molar-refractivity contribution in [3.8, 4) is 0 Å². The minimum absolute atomic E-state index is 0.556. The predicted octanol–water partition coefficient (Wildman–Crippen LogP) is 5.79. The van der Waals surface area contributed by atoms with Gasteiger partial charge in [0.05, 0.1) is 0 Å². The van der Waals surface area contributed by atoms with Gasteiger partial charge in [-0.2, -0.15) is 0 Å². The maximum Gasteiger partial charge on any atom is 0.242 e. The third-order valence-electron chi connectivity index (χ3n) is 0. The molecule has 96 valence electrons. The van der Waals surface area contributed by atoms with Gasteiger partial charge >= 0.3 is 0 Å². The molecule has 0 saturated carbocycles. The highest BCUT2D eigenvalue weighted by Gasteiger charge is 2.08. The van der Waals surface area contributed by atoms with Gasteiger partial charge in [-0.25, -0.2) is 13.2 Å². The molecule has 0 saturated heterocycles. The number of hydrogen-bond donors (Lipinski definition) is 0. The van der Waals surface area contributed by atoms with Gasteiger partial charge in [0, 0.05) is 0 Å². The molecule has 0 aliphatic rings. The van der Waals surface area contributed by atoms with Gasteiger partial charge in [-0.15, -0.1) is 23.2 Å². The van der Waals surface area contributed by atoms with E-state index >= 15 is 0 Å². The Kier molecular flexibility index (Phi) is 11.0. The lowest BCUT2D eigenvalue weighted by molar-refractivity contribution is 0.0437. The van der Waals surface area contributed by atoms with Gasteiger partial charge in [-0.3, -0.25) is 0 Å². The molecule has 0 atom stereocenters. The first-order valence-corrected chi connectivity index (χ1v) is 5.27. The molecule has 0 nitrogen and oxygen atoms in total. The van der Waals surface area contributed by atoms with Crippen LogP contribution >= 0.6 is 34.8 Å². The average molecular weight is 290 g/mol. The Morgan fingerprint density at radius 1 is 0.667 bits per heavy atom. The summed E-state index contributed by atoms with van der Waals surface area (Å²) in [5.74, 6) is -2.50. The summed E-state index contributed by atoms with van der Waals surface area (Å²) in [5.41, 5.74) is 0. The number of halogens is 6. The van der Waals surface area contributed by atoms with Crippen molar-refractivity contribution in [2.24, 2.45) is 0 Å². The first kappa shape index (κ1) is 21.0. The molecule has 0 unspecified atom stereocenters. The zero-order chi connectivity index (χ0) is 13.5. The Bertz CT molecular complexity index is 95.6. The van der Waals surface area contributed by atoms with Crippen molar-refractivity contribution in [2.75, 3.05) is 0 Å². The van der Waals surface area contributed by atoms with E-state index in [9.17, 15) is 13.2 Å². The van der Waals surface area contributed by atoms with Gasteiger partial charge in [0.1, 0.15) is 4.33 Å². The van der Waals surface area contributed by atoms with Crippen molar-refractivity contribution < 1.29 is 13.2 Å². The van der Waals surface area contributed by atoms with E-state index in [1.54, 1.807) is 13.8 Å². The van der Waals surface area contributed by atoms with E-state index in [-0.39, 0.29) is 0 Å². The average Bonchev–Trinajstić information content (AvgIpc) is 1.41. The summed E-state index contributed by atoms with van der Waals surface area (Å²) in [4.78, 5) is 0. The Hall–Kier alpha value is 0.660. The highest BCUT2D eigenvalue weighted by atomic mass is 35.5. The van der Waals surface area contributed by atoms with Gasteiger partial charge in [0.2, 0.25) is 5.92 Å². The molecule has 6 heteroatoms. The van der Waals surface area contributed by atoms with Gasteiger partial charge in [0.15, 0.2) is 5.13 Å². The topological polar surface area (TPSA) is 0 Å². The lowest BCUT2D eigenvalue weighted by Crippen LogP contribution is -1.98. The first-order chi connectivity index (χ1) is 6.00. The van der Waals surface area contributed by atoms with Crippen LogP contribution in [0, 0.1) is 0 Å². The molecule has 0 heterocycles. The molecule has 0 aliphatic carbocycles. The van der Waals surface area contributed by atoms with Crippen molar-refractivity contribution in [1.29, 1.82) is 0 Å². The minimum Gasteiger partial charge on any atom is -0.227 e. The van der Waals surface area contributed by atoms with E-state index in [0.717, 1.165) is 13.8 Å². The first-order valence-electron chi connectivity index (χ1n) is 4.13. The van der Waals surface area contributed by atoms with E-state index in [0.29, 0.717) is 0 Å². The zero-order valence-corrected chi connectivity index (χ0v) is 12.0. The highest BCUT2D eigenvalue weighted by molar-refractivity contribution is 6.47. The molecule has 0 radical (unpaired) electrons. The van der Waals surface area contributed by atoms with Crippen LogP contribution in [0.1, 0.15) is 41.5 Å². The summed E-state index contributed by atoms with van der Waals surface area (Å²) < 4.78 is 32.9. The summed E-state index contributed by atoms with van der Waals surface area (Å²) in [6.45, 7) is 7.72. The molecule has 0 aromatic heterocycles. The van der Waals surface area contributed by atoms with Gasteiger partial charge in [-0.05, 0) is 41.5 Å². The molecular formula is C9H18Cl3F3. The molecule has 0 fully saturated rings. The van der Waals surface area contributed by atoms with Gasteiger partial charge < -0.3 is 0 Å². The van der Waals surface area contributed by atoms with Crippen LogP contribution in [-0.2, 0) is 0 Å². The zero-order valence-electron chi connectivity index (χ0n) is 9.77. The second-order valence-corrected chi connectivity index (χ2v) is 6.96. The smallest absolute Gasteiger partial charge is 0.227 e. The Labute approximate surface area is 105 Å². The lowest BCUT2D eigenvalue weighted by Gasteiger charge is -1.98. The fourth-order valence-corrected chi connectivity index (χ4v) is 0. The molecule has 0 bridgehead atoms. The lowest BCUT2D eigenvalue weighted by atomic mass is 10.5. The second kappa shape index (κ2) is 7.86. The van der Waals surface area contributed by atoms with Crippen molar-refractivity contribution in [2.45, 2.75) is 56.9 Å². The fourth-order valence-electron chi connectivity index (χ4n) is 0. The third kappa shape index (κ3) is 5390. The van der Waals surface area contributed by atoms with Crippen molar-refractivity contribution in [1.82, 2.24) is 0 Å². The number of alkyl halides is 6. The summed E-state index contributed by atoms with van der Waals surface area (Å²) in [6.07, 6.45) is 0. The van der Waals surface area contributed by atoms with Crippen LogP contribution in [-0.4, -0.2) is 15.4 Å². The summed E-state index contributed by atoms with van der Waals surface area (Å²) in [5, 5.41) is -1.53. The predicted molar refractivity (Wildman–Crippen MR) is 63.1 cm³/mol. The van der Waals surface area contributed by atoms with Gasteiger partial charge in [-0.1, -0.05) is 11.6 Å². The van der Waals surface area contributed by atoms with Crippen LogP contribution in [0.4, 0.5) is 13.2 Å². The Morgan fingerprint density at radius 2 is 0.667 bits per heavy atom. The summed E-state index contributed by atoms with van der Waals surface area (Å²) >= 11 is 15.5. The van der Waals surface area contributed by atoms with Crippen LogP contribution in [0.25, 0.3) is 0 Å². The molecule has 0 aliphatic heterocycles. The Morgan fingerprint density at radius 3 is 0.667 bits per heavy atom. The highest BCUT2D eigenvalue weighted by Crippen LogP contribution is 2.16. The van der Waals surface area contributed by atoms with Crippen LogP contribution in [0.3, 0.4) is 0 Å². The molecule has 0 aromatic carbocycles. The van der Waals surface area contributed by atoms with E-state index in [1.807, 2.05) is 0 Å². The SMILES string of the molecule is CC(C)(Cl)Cl.CC(C)(F)Cl.CC(C)(F)F. The fraction of sp³-hybridized carbons (Fsp3) is 1.00. The van der Waals surface area contributed by atoms with Crippen LogP contribution < -0.4 is 0 Å². The van der Waals surface area contributed by atoms with E-state index in [4.69, 9.17) is 34.8 Å². The largest absolute Gasteiger partial charge is 0.242 e. The van der Waals surface area contributed by atoms with Crippen molar-refractivity contribution in [3.05, 3.63) is 0 Å².